The molecule has 1 rings (SSSR count). The minimum absolute atomic E-state index is 0.00773. The molecular weight excluding hydrogens is 214 g/mol. The van der Waals surface area contributed by atoms with E-state index >= 15 is 0 Å². The Bertz CT molecular complexity index is 369. The van der Waals surface area contributed by atoms with Crippen molar-refractivity contribution in [2.24, 2.45) is 0 Å². The lowest BCUT2D eigenvalue weighted by Crippen LogP contribution is -2.30. The molecule has 1 amide bonds. The van der Waals surface area contributed by atoms with Crippen molar-refractivity contribution in [1.82, 2.24) is 5.32 Å². The fourth-order valence-corrected chi connectivity index (χ4v) is 1.14. The van der Waals surface area contributed by atoms with Gasteiger partial charge in [-0.2, -0.15) is 0 Å². The number of hydrogen-bond acceptors (Lipinski definition) is 2. The molecule has 0 aliphatic heterocycles. The summed E-state index contributed by atoms with van der Waals surface area (Å²) < 4.78 is 25.9. The van der Waals surface area contributed by atoms with Gasteiger partial charge in [0.05, 0.1) is 12.2 Å². The van der Waals surface area contributed by atoms with Gasteiger partial charge in [0.25, 0.3) is 0 Å². The van der Waals surface area contributed by atoms with Crippen LogP contribution in [-0.2, 0) is 4.79 Å². The van der Waals surface area contributed by atoms with Crippen LogP contribution in [0.1, 0.15) is 13.3 Å². The van der Waals surface area contributed by atoms with Gasteiger partial charge in [0.15, 0.2) is 11.6 Å². The van der Waals surface area contributed by atoms with Crippen LogP contribution in [0.15, 0.2) is 18.2 Å². The first-order chi connectivity index (χ1) is 7.65. The lowest BCUT2D eigenvalue weighted by Gasteiger charge is -2.07. The van der Waals surface area contributed by atoms with Gasteiger partial charge in [-0.15, -0.1) is 0 Å². The second-order valence-electron chi connectivity index (χ2n) is 3.30. The molecule has 0 aromatic heterocycles. The van der Waals surface area contributed by atoms with Gasteiger partial charge in [0, 0.05) is 6.54 Å². The van der Waals surface area contributed by atoms with E-state index < -0.39 is 11.6 Å². The molecule has 0 heterocycles. The molecule has 5 heteroatoms. The normalized spacial score (nSPS) is 9.94. The lowest BCUT2D eigenvalue weighted by molar-refractivity contribution is -0.119. The average Bonchev–Trinajstić information content (AvgIpc) is 2.28. The van der Waals surface area contributed by atoms with Crippen LogP contribution in [0.5, 0.6) is 0 Å². The van der Waals surface area contributed by atoms with Gasteiger partial charge >= 0.3 is 0 Å². The summed E-state index contributed by atoms with van der Waals surface area (Å²) in [5, 5.41) is 5.15. The molecule has 0 bridgehead atoms. The van der Waals surface area contributed by atoms with Crippen LogP contribution in [0.4, 0.5) is 14.5 Å². The van der Waals surface area contributed by atoms with Crippen molar-refractivity contribution in [3.05, 3.63) is 29.8 Å². The molecule has 1 aromatic rings. The van der Waals surface area contributed by atoms with Crippen molar-refractivity contribution in [1.29, 1.82) is 0 Å². The van der Waals surface area contributed by atoms with Crippen LogP contribution in [0, 0.1) is 11.6 Å². The van der Waals surface area contributed by atoms with Gasteiger partial charge in [0.2, 0.25) is 5.91 Å². The number of benzene rings is 1. The highest BCUT2D eigenvalue weighted by Gasteiger charge is 2.08. The van der Waals surface area contributed by atoms with Crippen molar-refractivity contribution < 1.29 is 13.6 Å². The molecular formula is C11H14F2N2O. The van der Waals surface area contributed by atoms with E-state index in [4.69, 9.17) is 0 Å². The fraction of sp³-hybridized carbons (Fsp3) is 0.364. The van der Waals surface area contributed by atoms with E-state index in [0.29, 0.717) is 6.54 Å². The van der Waals surface area contributed by atoms with E-state index in [0.717, 1.165) is 12.5 Å². The molecule has 0 saturated heterocycles. The number of rotatable bonds is 5. The first-order valence-electron chi connectivity index (χ1n) is 5.09. The Morgan fingerprint density at radius 3 is 2.81 bits per heavy atom. The van der Waals surface area contributed by atoms with Crippen molar-refractivity contribution in [3.63, 3.8) is 0 Å². The number of halogens is 2. The number of carbonyl (C=O) groups is 1. The molecule has 16 heavy (non-hydrogen) atoms. The Labute approximate surface area is 92.8 Å². The molecule has 0 atom stereocenters. The smallest absolute Gasteiger partial charge is 0.239 e. The third-order valence-corrected chi connectivity index (χ3v) is 1.96. The number of nitrogens with one attached hydrogen (secondary N) is 2. The first kappa shape index (κ1) is 12.4. The first-order valence-corrected chi connectivity index (χ1v) is 5.09. The Balaban J connectivity index is 2.48. The second kappa shape index (κ2) is 6.05. The molecule has 3 nitrogen and oxygen atoms in total. The van der Waals surface area contributed by atoms with Crippen molar-refractivity contribution in [2.75, 3.05) is 18.4 Å². The SMILES string of the molecule is CCCNC(=O)CNc1cccc(F)c1F. The van der Waals surface area contributed by atoms with E-state index in [2.05, 4.69) is 10.6 Å². The zero-order chi connectivity index (χ0) is 12.0. The Morgan fingerprint density at radius 2 is 2.12 bits per heavy atom. The third-order valence-electron chi connectivity index (χ3n) is 1.96. The van der Waals surface area contributed by atoms with Gasteiger partial charge in [-0.3, -0.25) is 4.79 Å². The minimum Gasteiger partial charge on any atom is -0.374 e. The number of carbonyl (C=O) groups excluding carboxylic acids is 1. The van der Waals surface area contributed by atoms with Crippen molar-refractivity contribution >= 4 is 11.6 Å². The van der Waals surface area contributed by atoms with Gasteiger partial charge in [-0.25, -0.2) is 8.78 Å². The fourth-order valence-electron chi connectivity index (χ4n) is 1.14. The summed E-state index contributed by atoms with van der Waals surface area (Å²) in [4.78, 5) is 11.2. The average molecular weight is 228 g/mol. The Kier molecular flexibility index (Phi) is 4.69. The molecule has 1 aromatic carbocycles. The Morgan fingerprint density at radius 1 is 1.38 bits per heavy atom. The predicted octanol–water partition coefficient (Wildman–Crippen LogP) is 1.90. The van der Waals surface area contributed by atoms with Crippen LogP contribution >= 0.6 is 0 Å². The van der Waals surface area contributed by atoms with E-state index in [9.17, 15) is 13.6 Å². The van der Waals surface area contributed by atoms with Gasteiger partial charge < -0.3 is 10.6 Å². The van der Waals surface area contributed by atoms with Crippen LogP contribution in [-0.4, -0.2) is 19.0 Å². The van der Waals surface area contributed by atoms with Crippen LogP contribution < -0.4 is 10.6 Å². The van der Waals surface area contributed by atoms with Crippen LogP contribution in [0.25, 0.3) is 0 Å². The molecule has 0 saturated carbocycles. The van der Waals surface area contributed by atoms with Crippen LogP contribution in [0.3, 0.4) is 0 Å². The molecule has 0 aliphatic carbocycles. The van der Waals surface area contributed by atoms with E-state index in [1.807, 2.05) is 6.92 Å². The largest absolute Gasteiger partial charge is 0.374 e. The summed E-state index contributed by atoms with van der Waals surface area (Å²) >= 11 is 0. The summed E-state index contributed by atoms with van der Waals surface area (Å²) in [6.07, 6.45) is 0.833. The highest BCUT2D eigenvalue weighted by Crippen LogP contribution is 2.15. The monoisotopic (exact) mass is 228 g/mol. The minimum atomic E-state index is -0.967. The number of hydrogen-bond donors (Lipinski definition) is 2. The molecule has 0 aliphatic rings. The van der Waals surface area contributed by atoms with E-state index in [1.54, 1.807) is 0 Å². The van der Waals surface area contributed by atoms with Gasteiger partial charge in [-0.05, 0) is 18.6 Å². The van der Waals surface area contributed by atoms with Crippen LogP contribution in [0.2, 0.25) is 0 Å². The quantitative estimate of drug-likeness (QED) is 0.808. The standard InChI is InChI=1S/C11H14F2N2O/c1-2-6-14-10(16)7-15-9-5-3-4-8(12)11(9)13/h3-5,15H,2,6-7H2,1H3,(H,14,16). The maximum absolute atomic E-state index is 13.1. The molecule has 0 unspecified atom stereocenters. The topological polar surface area (TPSA) is 41.1 Å². The summed E-state index contributed by atoms with van der Waals surface area (Å²) in [7, 11) is 0. The number of amides is 1. The summed E-state index contributed by atoms with van der Waals surface area (Å²) in [6.45, 7) is 2.44. The molecule has 0 fully saturated rings. The van der Waals surface area contributed by atoms with E-state index in [-0.39, 0.29) is 18.1 Å². The summed E-state index contributed by atoms with van der Waals surface area (Å²) in [6, 6.07) is 3.79. The second-order valence-corrected chi connectivity index (χ2v) is 3.30. The lowest BCUT2D eigenvalue weighted by atomic mass is 10.3. The third kappa shape index (κ3) is 3.49. The highest BCUT2D eigenvalue weighted by molar-refractivity contribution is 5.80. The Hall–Kier alpha value is -1.65. The van der Waals surface area contributed by atoms with Gasteiger partial charge in [-0.1, -0.05) is 13.0 Å². The zero-order valence-corrected chi connectivity index (χ0v) is 9.02. The summed E-state index contributed by atoms with van der Waals surface area (Å²) in [5.41, 5.74) is -0.00773. The summed E-state index contributed by atoms with van der Waals surface area (Å²) in [5.74, 6) is -2.14. The maximum Gasteiger partial charge on any atom is 0.239 e. The molecule has 2 N–H and O–H groups in total. The molecule has 0 radical (unpaired) electrons. The number of anilines is 1. The molecule has 88 valence electrons. The predicted molar refractivity (Wildman–Crippen MR) is 58.1 cm³/mol. The maximum atomic E-state index is 13.1. The zero-order valence-electron chi connectivity index (χ0n) is 9.02. The van der Waals surface area contributed by atoms with Crippen molar-refractivity contribution in [2.45, 2.75) is 13.3 Å². The van der Waals surface area contributed by atoms with Crippen molar-refractivity contribution in [3.8, 4) is 0 Å². The van der Waals surface area contributed by atoms with Gasteiger partial charge in [0.1, 0.15) is 0 Å². The highest BCUT2D eigenvalue weighted by atomic mass is 19.2. The van der Waals surface area contributed by atoms with E-state index in [1.165, 1.54) is 12.1 Å². The molecule has 0 spiro atoms.